The van der Waals surface area contributed by atoms with E-state index in [4.69, 9.17) is 4.74 Å². The van der Waals surface area contributed by atoms with Gasteiger partial charge in [0.15, 0.2) is 6.61 Å². The van der Waals surface area contributed by atoms with Crippen LogP contribution < -0.4 is 10.2 Å². The molecule has 3 rings (SSSR count). The Kier molecular flexibility index (Phi) is 5.21. The van der Waals surface area contributed by atoms with Crippen LogP contribution in [0.2, 0.25) is 0 Å². The fourth-order valence-corrected chi connectivity index (χ4v) is 2.97. The van der Waals surface area contributed by atoms with Crippen LogP contribution in [0.5, 0.6) is 0 Å². The molecule has 1 heterocycles. The van der Waals surface area contributed by atoms with Crippen LogP contribution in [0.3, 0.4) is 0 Å². The molecular weight excluding hydrogens is 351 g/mol. The molecule has 0 saturated heterocycles. The summed E-state index contributed by atoms with van der Waals surface area (Å²) in [6.07, 6.45) is 0.123. The zero-order chi connectivity index (χ0) is 19.6. The smallest absolute Gasteiger partial charge is 0.338 e. The van der Waals surface area contributed by atoms with Crippen LogP contribution in [0.4, 0.5) is 15.8 Å². The first kappa shape index (κ1) is 18.6. The van der Waals surface area contributed by atoms with Crippen molar-refractivity contribution in [2.45, 2.75) is 26.3 Å². The van der Waals surface area contributed by atoms with E-state index in [0.717, 1.165) is 6.07 Å². The van der Waals surface area contributed by atoms with Crippen LogP contribution in [-0.4, -0.2) is 30.4 Å². The first-order valence-corrected chi connectivity index (χ1v) is 8.51. The predicted molar refractivity (Wildman–Crippen MR) is 98.1 cm³/mol. The molecule has 0 aromatic heterocycles. The minimum Gasteiger partial charge on any atom is -0.452 e. The van der Waals surface area contributed by atoms with Crippen molar-refractivity contribution in [3.8, 4) is 0 Å². The second-order valence-corrected chi connectivity index (χ2v) is 6.42. The van der Waals surface area contributed by atoms with Gasteiger partial charge in [-0.2, -0.15) is 0 Å². The molecule has 0 spiro atoms. The number of benzene rings is 2. The third-order valence-corrected chi connectivity index (χ3v) is 4.36. The Morgan fingerprint density at radius 3 is 2.74 bits per heavy atom. The number of aryl methyl sites for hydroxylation is 1. The van der Waals surface area contributed by atoms with Crippen molar-refractivity contribution in [2.75, 3.05) is 16.8 Å². The van der Waals surface area contributed by atoms with Crippen LogP contribution in [0.1, 0.15) is 29.3 Å². The molecule has 2 aromatic carbocycles. The second kappa shape index (κ2) is 7.57. The number of hydrogen-bond donors (Lipinski definition) is 1. The van der Waals surface area contributed by atoms with Gasteiger partial charge < -0.3 is 15.0 Å². The van der Waals surface area contributed by atoms with E-state index in [-0.39, 0.29) is 17.9 Å². The molecule has 0 aliphatic carbocycles. The Morgan fingerprint density at radius 2 is 2.00 bits per heavy atom. The highest BCUT2D eigenvalue weighted by Gasteiger charge is 2.30. The zero-order valence-corrected chi connectivity index (χ0v) is 15.0. The van der Waals surface area contributed by atoms with Crippen molar-refractivity contribution in [1.29, 1.82) is 0 Å². The summed E-state index contributed by atoms with van der Waals surface area (Å²) in [5.41, 5.74) is 1.51. The summed E-state index contributed by atoms with van der Waals surface area (Å²) in [5, 5.41) is 2.76. The first-order valence-electron chi connectivity index (χ1n) is 8.51. The topological polar surface area (TPSA) is 75.7 Å². The maximum absolute atomic E-state index is 13.6. The minimum absolute atomic E-state index is 0.0343. The summed E-state index contributed by atoms with van der Waals surface area (Å²) in [7, 11) is 0. The molecule has 0 radical (unpaired) electrons. The number of ether oxygens (including phenoxy) is 1. The number of para-hydroxylation sites is 2. The van der Waals surface area contributed by atoms with Gasteiger partial charge in [-0.05, 0) is 43.7 Å². The number of nitrogens with zero attached hydrogens (tertiary/aromatic N) is 1. The average molecular weight is 370 g/mol. The monoisotopic (exact) mass is 370 g/mol. The number of hydrogen-bond acceptors (Lipinski definition) is 4. The fourth-order valence-electron chi connectivity index (χ4n) is 2.97. The van der Waals surface area contributed by atoms with Gasteiger partial charge in [0.2, 0.25) is 5.91 Å². The molecular formula is C20H19FN2O4. The molecule has 0 bridgehead atoms. The van der Waals surface area contributed by atoms with Crippen molar-refractivity contribution in [3.63, 3.8) is 0 Å². The Morgan fingerprint density at radius 1 is 1.26 bits per heavy atom. The van der Waals surface area contributed by atoms with E-state index in [2.05, 4.69) is 5.32 Å². The van der Waals surface area contributed by atoms with E-state index in [1.54, 1.807) is 38.1 Å². The van der Waals surface area contributed by atoms with Crippen molar-refractivity contribution in [1.82, 2.24) is 0 Å². The van der Waals surface area contributed by atoms with Crippen LogP contribution in [0.15, 0.2) is 42.5 Å². The van der Waals surface area contributed by atoms with Crippen LogP contribution in [0.25, 0.3) is 0 Å². The molecule has 7 heteroatoms. The standard InChI is InChI=1S/C20H19FN2O4/c1-12-7-8-14(10-15(12)21)20(26)27-11-19(25)23-13(2)9-18(24)22-16-5-3-4-6-17(16)23/h3-8,10,13H,9,11H2,1-2H3,(H,22,24). The molecule has 2 aromatic rings. The van der Waals surface area contributed by atoms with E-state index >= 15 is 0 Å². The number of fused-ring (bicyclic) bond motifs is 1. The number of carbonyl (C=O) groups is 3. The molecule has 1 aliphatic heterocycles. The molecule has 1 unspecified atom stereocenters. The van der Waals surface area contributed by atoms with E-state index in [9.17, 15) is 18.8 Å². The van der Waals surface area contributed by atoms with Gasteiger partial charge in [-0.15, -0.1) is 0 Å². The van der Waals surface area contributed by atoms with Gasteiger partial charge in [-0.25, -0.2) is 9.18 Å². The van der Waals surface area contributed by atoms with Gasteiger partial charge in [0.25, 0.3) is 5.91 Å². The van der Waals surface area contributed by atoms with Gasteiger partial charge in [-0.1, -0.05) is 18.2 Å². The van der Waals surface area contributed by atoms with Crippen molar-refractivity contribution in [3.05, 3.63) is 59.4 Å². The average Bonchev–Trinajstić information content (AvgIpc) is 2.76. The lowest BCUT2D eigenvalue weighted by molar-refractivity contribution is -0.122. The lowest BCUT2D eigenvalue weighted by Crippen LogP contribution is -2.41. The maximum atomic E-state index is 13.6. The molecule has 2 amide bonds. The van der Waals surface area contributed by atoms with Crippen LogP contribution >= 0.6 is 0 Å². The number of carbonyl (C=O) groups excluding carboxylic acids is 3. The predicted octanol–water partition coefficient (Wildman–Crippen LogP) is 3.05. The summed E-state index contributed by atoms with van der Waals surface area (Å²) in [5.74, 6) is -1.97. The number of anilines is 2. The van der Waals surface area contributed by atoms with Gasteiger partial charge in [0.05, 0.1) is 16.9 Å². The SMILES string of the molecule is Cc1ccc(C(=O)OCC(=O)N2c3ccccc3NC(=O)CC2C)cc1F. The first-order chi connectivity index (χ1) is 12.9. The number of nitrogens with one attached hydrogen (secondary N) is 1. The van der Waals surface area contributed by atoms with Crippen LogP contribution in [-0.2, 0) is 14.3 Å². The molecule has 6 nitrogen and oxygen atoms in total. The van der Waals surface area contributed by atoms with Crippen molar-refractivity contribution < 1.29 is 23.5 Å². The zero-order valence-electron chi connectivity index (χ0n) is 15.0. The highest BCUT2D eigenvalue weighted by molar-refractivity contribution is 6.05. The lowest BCUT2D eigenvalue weighted by atomic mass is 10.1. The highest BCUT2D eigenvalue weighted by atomic mass is 19.1. The summed E-state index contributed by atoms with van der Waals surface area (Å²) in [6.45, 7) is 2.82. The third-order valence-electron chi connectivity index (χ3n) is 4.36. The molecule has 1 aliphatic rings. The van der Waals surface area contributed by atoms with Crippen molar-refractivity contribution >= 4 is 29.2 Å². The largest absolute Gasteiger partial charge is 0.452 e. The lowest BCUT2D eigenvalue weighted by Gasteiger charge is -2.27. The van der Waals surface area contributed by atoms with Gasteiger partial charge >= 0.3 is 5.97 Å². The minimum atomic E-state index is -0.785. The number of rotatable bonds is 3. The second-order valence-electron chi connectivity index (χ2n) is 6.42. The van der Waals surface area contributed by atoms with Crippen LogP contribution in [0, 0.1) is 12.7 Å². The Balaban J connectivity index is 1.76. The molecule has 0 fully saturated rings. The number of halogens is 1. The van der Waals surface area contributed by atoms with E-state index < -0.39 is 30.3 Å². The maximum Gasteiger partial charge on any atom is 0.338 e. The Labute approximate surface area is 155 Å². The van der Waals surface area contributed by atoms with E-state index in [0.29, 0.717) is 16.9 Å². The van der Waals surface area contributed by atoms with Gasteiger partial charge in [0.1, 0.15) is 5.82 Å². The number of amides is 2. The molecule has 1 atom stereocenters. The van der Waals surface area contributed by atoms with Gasteiger partial charge in [0, 0.05) is 12.5 Å². The highest BCUT2D eigenvalue weighted by Crippen LogP contribution is 2.31. The van der Waals surface area contributed by atoms with E-state index in [1.165, 1.54) is 17.0 Å². The molecule has 1 N–H and O–H groups in total. The van der Waals surface area contributed by atoms with E-state index in [1.807, 2.05) is 0 Å². The molecule has 0 saturated carbocycles. The third kappa shape index (κ3) is 3.97. The normalized spacial score (nSPS) is 16.2. The summed E-state index contributed by atoms with van der Waals surface area (Å²) >= 11 is 0. The van der Waals surface area contributed by atoms with Crippen molar-refractivity contribution in [2.24, 2.45) is 0 Å². The Hall–Kier alpha value is -3.22. The molecule has 27 heavy (non-hydrogen) atoms. The summed E-state index contributed by atoms with van der Waals surface area (Å²) in [4.78, 5) is 38.2. The summed E-state index contributed by atoms with van der Waals surface area (Å²) < 4.78 is 18.7. The Bertz CT molecular complexity index is 913. The summed E-state index contributed by atoms with van der Waals surface area (Å²) in [6, 6.07) is 10.5. The molecule has 140 valence electrons. The fraction of sp³-hybridized carbons (Fsp3) is 0.250. The quantitative estimate of drug-likeness (QED) is 0.843. The number of esters is 1. The van der Waals surface area contributed by atoms with Gasteiger partial charge in [-0.3, -0.25) is 9.59 Å².